The van der Waals surface area contributed by atoms with Crippen LogP contribution >= 0.6 is 0 Å². The minimum Gasteiger partial charge on any atom is -0.480 e. The zero-order chi connectivity index (χ0) is 26.0. The maximum absolute atomic E-state index is 13.2. The Morgan fingerprint density at radius 1 is 0.853 bits per heavy atom. The quantitative estimate of drug-likeness (QED) is 0.235. The molecule has 5 unspecified atom stereocenters. The Hall–Kier alpha value is -2.98. The summed E-state index contributed by atoms with van der Waals surface area (Å²) in [4.78, 5) is 50.0. The first-order valence-corrected chi connectivity index (χ1v) is 11.4. The molecule has 0 radical (unpaired) electrons. The van der Waals surface area contributed by atoms with E-state index in [2.05, 4.69) is 16.0 Å². The summed E-state index contributed by atoms with van der Waals surface area (Å²) < 4.78 is 0. The SMILES string of the molecule is CC(C)CC(NC(=O)C(Cc1ccccc1)NC(=O)C(N)C(C)C)C(=O)NC(C(=O)O)C(C)O. The van der Waals surface area contributed by atoms with Gasteiger partial charge in [0.15, 0.2) is 6.04 Å². The minimum atomic E-state index is -1.53. The van der Waals surface area contributed by atoms with Crippen LogP contribution in [0, 0.1) is 11.8 Å². The van der Waals surface area contributed by atoms with Gasteiger partial charge in [-0.15, -0.1) is 0 Å². The van der Waals surface area contributed by atoms with Crippen molar-refractivity contribution in [2.75, 3.05) is 0 Å². The van der Waals surface area contributed by atoms with Gasteiger partial charge in [-0.3, -0.25) is 14.4 Å². The predicted molar refractivity (Wildman–Crippen MR) is 128 cm³/mol. The molecule has 1 aromatic carbocycles. The molecule has 0 aliphatic rings. The van der Waals surface area contributed by atoms with Crippen LogP contribution in [0.2, 0.25) is 0 Å². The number of benzene rings is 1. The van der Waals surface area contributed by atoms with Gasteiger partial charge in [-0.05, 0) is 30.7 Å². The third-order valence-electron chi connectivity index (χ3n) is 5.32. The standard InChI is InChI=1S/C24H38N4O6/c1-13(2)11-17(22(31)28-20(15(5)29)24(33)34)26-21(30)18(12-16-9-7-6-8-10-16)27-23(32)19(25)14(3)4/h6-10,13-15,17-20,29H,11-12,25H2,1-5H3,(H,26,30)(H,27,32)(H,28,31)(H,33,34). The second-order valence-electron chi connectivity index (χ2n) is 9.28. The van der Waals surface area contributed by atoms with E-state index in [9.17, 15) is 29.4 Å². The maximum atomic E-state index is 13.2. The number of amides is 3. The molecule has 0 aliphatic carbocycles. The molecule has 0 heterocycles. The molecule has 0 saturated heterocycles. The first kappa shape index (κ1) is 29.1. The van der Waals surface area contributed by atoms with Gasteiger partial charge in [-0.2, -0.15) is 0 Å². The number of aliphatic hydroxyl groups is 1. The topological polar surface area (TPSA) is 171 Å². The van der Waals surface area contributed by atoms with E-state index < -0.39 is 54.0 Å². The molecule has 0 aliphatic heterocycles. The molecule has 10 heteroatoms. The fourth-order valence-electron chi connectivity index (χ4n) is 3.25. The van der Waals surface area contributed by atoms with Crippen molar-refractivity contribution in [2.24, 2.45) is 17.6 Å². The van der Waals surface area contributed by atoms with Gasteiger partial charge in [0.25, 0.3) is 0 Å². The van der Waals surface area contributed by atoms with Gasteiger partial charge in [0, 0.05) is 6.42 Å². The van der Waals surface area contributed by atoms with Crippen molar-refractivity contribution in [3.63, 3.8) is 0 Å². The fourth-order valence-corrected chi connectivity index (χ4v) is 3.25. The van der Waals surface area contributed by atoms with Crippen LogP contribution in [0.15, 0.2) is 30.3 Å². The average Bonchev–Trinajstić information content (AvgIpc) is 2.75. The molecular weight excluding hydrogens is 440 g/mol. The van der Waals surface area contributed by atoms with E-state index >= 15 is 0 Å². The minimum absolute atomic E-state index is 0.0117. The summed E-state index contributed by atoms with van der Waals surface area (Å²) in [6.45, 7) is 8.53. The molecule has 190 valence electrons. The number of aliphatic hydroxyl groups excluding tert-OH is 1. The number of carboxylic acids is 1. The van der Waals surface area contributed by atoms with Crippen molar-refractivity contribution in [2.45, 2.75) is 77.7 Å². The summed E-state index contributed by atoms with van der Waals surface area (Å²) in [5.41, 5.74) is 6.74. The molecule has 0 spiro atoms. The van der Waals surface area contributed by atoms with E-state index in [4.69, 9.17) is 5.73 Å². The van der Waals surface area contributed by atoms with Crippen molar-refractivity contribution in [1.82, 2.24) is 16.0 Å². The van der Waals surface area contributed by atoms with Gasteiger partial charge < -0.3 is 31.9 Å². The van der Waals surface area contributed by atoms with E-state index in [1.807, 2.05) is 44.2 Å². The lowest BCUT2D eigenvalue weighted by Gasteiger charge is -2.27. The maximum Gasteiger partial charge on any atom is 0.328 e. The van der Waals surface area contributed by atoms with Gasteiger partial charge >= 0.3 is 5.97 Å². The zero-order valence-electron chi connectivity index (χ0n) is 20.4. The summed E-state index contributed by atoms with van der Waals surface area (Å²) in [6, 6.07) is 4.66. The Morgan fingerprint density at radius 2 is 1.38 bits per heavy atom. The summed E-state index contributed by atoms with van der Waals surface area (Å²) >= 11 is 0. The highest BCUT2D eigenvalue weighted by atomic mass is 16.4. The van der Waals surface area contributed by atoms with Crippen molar-refractivity contribution in [3.8, 4) is 0 Å². The number of nitrogens with two attached hydrogens (primary N) is 1. The molecule has 0 aromatic heterocycles. The number of carbonyl (C=O) groups is 4. The molecule has 10 nitrogen and oxygen atoms in total. The highest BCUT2D eigenvalue weighted by Gasteiger charge is 2.32. The summed E-state index contributed by atoms with van der Waals surface area (Å²) in [7, 11) is 0. The van der Waals surface area contributed by atoms with E-state index in [-0.39, 0.29) is 24.7 Å². The smallest absolute Gasteiger partial charge is 0.328 e. The molecule has 3 amide bonds. The van der Waals surface area contributed by atoms with Crippen molar-refractivity contribution >= 4 is 23.7 Å². The molecular formula is C24H38N4O6. The Labute approximate surface area is 200 Å². The zero-order valence-corrected chi connectivity index (χ0v) is 20.4. The monoisotopic (exact) mass is 478 g/mol. The number of aliphatic carboxylic acids is 1. The van der Waals surface area contributed by atoms with E-state index in [0.29, 0.717) is 0 Å². The number of hydrogen-bond acceptors (Lipinski definition) is 6. The highest BCUT2D eigenvalue weighted by Crippen LogP contribution is 2.09. The molecule has 1 rings (SSSR count). The Kier molecular flexibility index (Phi) is 11.7. The molecule has 0 fully saturated rings. The van der Waals surface area contributed by atoms with E-state index in [1.165, 1.54) is 6.92 Å². The molecule has 5 atom stereocenters. The third-order valence-corrected chi connectivity index (χ3v) is 5.32. The normalized spacial score (nSPS) is 15.7. The number of rotatable bonds is 13. The summed E-state index contributed by atoms with van der Waals surface area (Å²) in [5.74, 6) is -3.38. The third kappa shape index (κ3) is 9.48. The van der Waals surface area contributed by atoms with Gasteiger partial charge in [0.1, 0.15) is 12.1 Å². The molecule has 1 aromatic rings. The van der Waals surface area contributed by atoms with Crippen LogP contribution in [0.3, 0.4) is 0 Å². The summed E-state index contributed by atoms with van der Waals surface area (Å²) in [5, 5.41) is 26.6. The first-order chi connectivity index (χ1) is 15.8. The van der Waals surface area contributed by atoms with Crippen LogP contribution in [-0.4, -0.2) is 64.2 Å². The van der Waals surface area contributed by atoms with Gasteiger partial charge in [-0.25, -0.2) is 4.79 Å². The van der Waals surface area contributed by atoms with E-state index in [1.54, 1.807) is 13.8 Å². The van der Waals surface area contributed by atoms with Crippen LogP contribution < -0.4 is 21.7 Å². The van der Waals surface area contributed by atoms with Gasteiger partial charge in [-0.1, -0.05) is 58.0 Å². The second kappa shape index (κ2) is 13.7. The van der Waals surface area contributed by atoms with Crippen LogP contribution in [0.4, 0.5) is 0 Å². The summed E-state index contributed by atoms with van der Waals surface area (Å²) in [6.07, 6.45) is -0.939. The van der Waals surface area contributed by atoms with Gasteiger partial charge in [0.2, 0.25) is 17.7 Å². The second-order valence-corrected chi connectivity index (χ2v) is 9.28. The highest BCUT2D eigenvalue weighted by molar-refractivity contribution is 5.94. The predicted octanol–water partition coefficient (Wildman–Crippen LogP) is 0.178. The molecule has 34 heavy (non-hydrogen) atoms. The first-order valence-electron chi connectivity index (χ1n) is 11.4. The Balaban J connectivity index is 3.11. The Bertz CT molecular complexity index is 828. The van der Waals surface area contributed by atoms with Crippen LogP contribution in [-0.2, 0) is 25.6 Å². The lowest BCUT2D eigenvalue weighted by molar-refractivity contribution is -0.145. The van der Waals surface area contributed by atoms with Crippen molar-refractivity contribution in [1.29, 1.82) is 0 Å². The fraction of sp³-hybridized carbons (Fsp3) is 0.583. The number of nitrogens with one attached hydrogen (secondary N) is 3. The number of hydrogen-bond donors (Lipinski definition) is 6. The number of carboxylic acid groups (broad SMARTS) is 1. The Morgan fingerprint density at radius 3 is 1.85 bits per heavy atom. The molecule has 0 bridgehead atoms. The van der Waals surface area contributed by atoms with Crippen LogP contribution in [0.5, 0.6) is 0 Å². The van der Waals surface area contributed by atoms with Gasteiger partial charge in [0.05, 0.1) is 12.1 Å². The van der Waals surface area contributed by atoms with Crippen molar-refractivity contribution < 1.29 is 29.4 Å². The average molecular weight is 479 g/mol. The number of carbonyl (C=O) groups excluding carboxylic acids is 3. The molecule has 0 saturated carbocycles. The lowest BCUT2D eigenvalue weighted by Crippen LogP contribution is -2.59. The van der Waals surface area contributed by atoms with E-state index in [0.717, 1.165) is 5.56 Å². The molecule has 7 N–H and O–H groups in total. The van der Waals surface area contributed by atoms with Crippen LogP contribution in [0.25, 0.3) is 0 Å². The largest absolute Gasteiger partial charge is 0.480 e. The lowest BCUT2D eigenvalue weighted by atomic mass is 9.99. The van der Waals surface area contributed by atoms with Crippen LogP contribution in [0.1, 0.15) is 46.6 Å². The van der Waals surface area contributed by atoms with Crippen molar-refractivity contribution in [3.05, 3.63) is 35.9 Å².